The van der Waals surface area contributed by atoms with Gasteiger partial charge in [-0.15, -0.1) is 0 Å². The third kappa shape index (κ3) is 4.10. The fraction of sp³-hybridized carbons (Fsp3) is 0.733. The van der Waals surface area contributed by atoms with Gasteiger partial charge in [0.1, 0.15) is 11.3 Å². The molecule has 0 aromatic heterocycles. The summed E-state index contributed by atoms with van der Waals surface area (Å²) in [6.07, 6.45) is 7.80. The van der Waals surface area contributed by atoms with E-state index in [2.05, 4.69) is 6.92 Å². The zero-order chi connectivity index (χ0) is 14.5. The molecule has 108 valence electrons. The summed E-state index contributed by atoms with van der Waals surface area (Å²) in [7, 11) is 0. The molecular formula is C15H24O3S. The van der Waals surface area contributed by atoms with E-state index in [1.165, 1.54) is 32.6 Å². The van der Waals surface area contributed by atoms with Crippen LogP contribution in [0.2, 0.25) is 0 Å². The molecule has 0 amide bonds. The Kier molecular flexibility index (Phi) is 6.11. The topological polar surface area (TPSA) is 54.4 Å². The summed E-state index contributed by atoms with van der Waals surface area (Å²) in [5.41, 5.74) is -0.00140. The first-order valence-corrected chi connectivity index (χ1v) is 7.92. The van der Waals surface area contributed by atoms with Crippen molar-refractivity contribution in [2.24, 2.45) is 0 Å². The summed E-state index contributed by atoms with van der Waals surface area (Å²) in [5.74, 6) is -0.342. The number of thioether (sulfide) groups is 1. The Morgan fingerprint density at radius 3 is 2.32 bits per heavy atom. The van der Waals surface area contributed by atoms with Crippen molar-refractivity contribution < 1.29 is 14.7 Å². The predicted molar refractivity (Wildman–Crippen MR) is 79.3 cm³/mol. The molecule has 1 aliphatic heterocycles. The van der Waals surface area contributed by atoms with Crippen LogP contribution in [0.25, 0.3) is 0 Å². The number of carbonyl (C=O) groups is 2. The Labute approximate surface area is 119 Å². The lowest BCUT2D eigenvalue weighted by atomic mass is 9.96. The summed E-state index contributed by atoms with van der Waals surface area (Å²) >= 11 is 1.10. The molecule has 1 heterocycles. The Morgan fingerprint density at radius 2 is 1.79 bits per heavy atom. The van der Waals surface area contributed by atoms with Crippen LogP contribution in [0.4, 0.5) is 0 Å². The molecule has 3 nitrogen and oxygen atoms in total. The molecule has 0 fully saturated rings. The SMILES string of the molecule is CCCCCCCCC1(C)SC(=O)C(C(C)=O)=C1O. The summed E-state index contributed by atoms with van der Waals surface area (Å²) in [5, 5.41) is 9.83. The standard InChI is InChI=1S/C15H24O3S/c1-4-5-6-7-8-9-10-15(3)13(17)12(11(2)16)14(18)19-15/h17H,4-10H2,1-3H3. The maximum absolute atomic E-state index is 11.7. The second-order valence-corrected chi connectivity index (χ2v) is 6.89. The van der Waals surface area contributed by atoms with Crippen molar-refractivity contribution in [2.45, 2.75) is 70.5 Å². The number of rotatable bonds is 8. The van der Waals surface area contributed by atoms with Crippen molar-refractivity contribution in [2.75, 3.05) is 0 Å². The number of carbonyl (C=O) groups excluding carboxylic acids is 2. The highest BCUT2D eigenvalue weighted by Crippen LogP contribution is 2.45. The number of unbranched alkanes of at least 4 members (excludes halogenated alkanes) is 5. The summed E-state index contributed by atoms with van der Waals surface area (Å²) in [6, 6.07) is 0. The first-order valence-electron chi connectivity index (χ1n) is 7.10. The fourth-order valence-corrected chi connectivity index (χ4v) is 3.58. The lowest BCUT2D eigenvalue weighted by Crippen LogP contribution is -2.20. The van der Waals surface area contributed by atoms with Crippen LogP contribution < -0.4 is 0 Å². The minimum absolute atomic E-state index is 0.00140. The van der Waals surface area contributed by atoms with Crippen LogP contribution in [-0.4, -0.2) is 20.8 Å². The number of Topliss-reactive ketones (excluding diaryl/α,β-unsaturated/α-hetero) is 1. The van der Waals surface area contributed by atoms with Crippen molar-refractivity contribution in [1.82, 2.24) is 0 Å². The fourth-order valence-electron chi connectivity index (χ4n) is 2.39. The van der Waals surface area contributed by atoms with Gasteiger partial charge in [0.05, 0.1) is 4.75 Å². The van der Waals surface area contributed by atoms with Crippen molar-refractivity contribution in [3.63, 3.8) is 0 Å². The highest BCUT2D eigenvalue weighted by Gasteiger charge is 2.44. The molecule has 0 radical (unpaired) electrons. The minimum Gasteiger partial charge on any atom is -0.510 e. The van der Waals surface area contributed by atoms with E-state index in [-0.39, 0.29) is 22.2 Å². The Hall–Kier alpha value is -0.770. The third-order valence-corrected chi connectivity index (χ3v) is 4.86. The molecule has 0 saturated carbocycles. The maximum Gasteiger partial charge on any atom is 0.227 e. The monoisotopic (exact) mass is 284 g/mol. The quantitative estimate of drug-likeness (QED) is 0.537. The lowest BCUT2D eigenvalue weighted by Gasteiger charge is -2.22. The molecule has 19 heavy (non-hydrogen) atoms. The number of hydrogen-bond donors (Lipinski definition) is 1. The van der Waals surface area contributed by atoms with Gasteiger partial charge in [0, 0.05) is 0 Å². The Bertz CT molecular complexity index is 387. The van der Waals surface area contributed by atoms with E-state index < -0.39 is 4.75 Å². The second kappa shape index (κ2) is 7.13. The van der Waals surface area contributed by atoms with Crippen LogP contribution in [0.5, 0.6) is 0 Å². The van der Waals surface area contributed by atoms with Gasteiger partial charge in [-0.3, -0.25) is 9.59 Å². The summed E-state index contributed by atoms with van der Waals surface area (Å²) in [4.78, 5) is 23.1. The van der Waals surface area contributed by atoms with E-state index in [1.54, 1.807) is 0 Å². The van der Waals surface area contributed by atoms with Crippen molar-refractivity contribution in [3.8, 4) is 0 Å². The molecule has 1 rings (SSSR count). The third-order valence-electron chi connectivity index (χ3n) is 3.62. The molecule has 1 unspecified atom stereocenters. The van der Waals surface area contributed by atoms with Gasteiger partial charge in [-0.05, 0) is 20.3 Å². The molecule has 0 spiro atoms. The van der Waals surface area contributed by atoms with Crippen LogP contribution >= 0.6 is 11.8 Å². The van der Waals surface area contributed by atoms with Gasteiger partial charge in [0.15, 0.2) is 5.78 Å². The predicted octanol–water partition coefficient (Wildman–Crippen LogP) is 4.17. The van der Waals surface area contributed by atoms with E-state index in [0.29, 0.717) is 0 Å². The van der Waals surface area contributed by atoms with Crippen LogP contribution in [0.3, 0.4) is 0 Å². The van der Waals surface area contributed by atoms with Crippen molar-refractivity contribution in [1.29, 1.82) is 0 Å². The highest BCUT2D eigenvalue weighted by molar-refractivity contribution is 8.16. The van der Waals surface area contributed by atoms with Gasteiger partial charge in [0.2, 0.25) is 5.12 Å². The highest BCUT2D eigenvalue weighted by atomic mass is 32.2. The molecule has 0 aromatic carbocycles. The number of aliphatic hydroxyl groups excluding tert-OH is 1. The maximum atomic E-state index is 11.7. The molecule has 0 aromatic rings. The van der Waals surface area contributed by atoms with E-state index in [9.17, 15) is 14.7 Å². The van der Waals surface area contributed by atoms with E-state index >= 15 is 0 Å². The van der Waals surface area contributed by atoms with Crippen LogP contribution in [-0.2, 0) is 9.59 Å². The molecule has 0 bridgehead atoms. The summed E-state index contributed by atoms with van der Waals surface area (Å²) < 4.78 is -0.594. The van der Waals surface area contributed by atoms with Gasteiger partial charge in [-0.1, -0.05) is 57.2 Å². The smallest absolute Gasteiger partial charge is 0.227 e. The van der Waals surface area contributed by atoms with Crippen LogP contribution in [0, 0.1) is 0 Å². The minimum atomic E-state index is -0.594. The van der Waals surface area contributed by atoms with Gasteiger partial charge < -0.3 is 5.11 Å². The van der Waals surface area contributed by atoms with Gasteiger partial charge in [-0.25, -0.2) is 0 Å². The molecule has 0 aliphatic carbocycles. The largest absolute Gasteiger partial charge is 0.510 e. The Morgan fingerprint density at radius 1 is 1.21 bits per heavy atom. The molecular weight excluding hydrogens is 260 g/mol. The van der Waals surface area contributed by atoms with Crippen LogP contribution in [0.15, 0.2) is 11.3 Å². The van der Waals surface area contributed by atoms with Crippen molar-refractivity contribution in [3.05, 3.63) is 11.3 Å². The second-order valence-electron chi connectivity index (χ2n) is 5.42. The van der Waals surface area contributed by atoms with E-state index in [0.717, 1.165) is 31.0 Å². The number of ketones is 1. The zero-order valence-corrected chi connectivity index (χ0v) is 12.9. The van der Waals surface area contributed by atoms with Gasteiger partial charge in [0.25, 0.3) is 0 Å². The van der Waals surface area contributed by atoms with Crippen LogP contribution in [0.1, 0.15) is 65.7 Å². The molecule has 1 aliphatic rings. The van der Waals surface area contributed by atoms with Crippen molar-refractivity contribution >= 4 is 22.7 Å². The first kappa shape index (κ1) is 16.3. The average molecular weight is 284 g/mol. The molecule has 1 N–H and O–H groups in total. The normalized spacial score (nSPS) is 23.2. The molecule has 1 atom stereocenters. The summed E-state index contributed by atoms with van der Waals surface area (Å²) in [6.45, 7) is 5.38. The average Bonchev–Trinajstić information content (AvgIpc) is 2.55. The lowest BCUT2D eigenvalue weighted by molar-refractivity contribution is -0.116. The molecule has 0 saturated heterocycles. The van der Waals surface area contributed by atoms with E-state index in [1.807, 2.05) is 6.92 Å². The zero-order valence-electron chi connectivity index (χ0n) is 12.1. The molecule has 4 heteroatoms. The number of aliphatic hydroxyl groups is 1. The first-order chi connectivity index (χ1) is 8.92. The van der Waals surface area contributed by atoms with Gasteiger partial charge >= 0.3 is 0 Å². The van der Waals surface area contributed by atoms with Gasteiger partial charge in [-0.2, -0.15) is 0 Å². The number of hydrogen-bond acceptors (Lipinski definition) is 4. The Balaban J connectivity index is 2.49. The van der Waals surface area contributed by atoms with E-state index in [4.69, 9.17) is 0 Å².